The average Bonchev–Trinajstić information content (AvgIpc) is 2.90. The second-order valence-corrected chi connectivity index (χ2v) is 5.12. The molecule has 3 heterocycles. The summed E-state index contributed by atoms with van der Waals surface area (Å²) >= 11 is 0. The Balaban J connectivity index is 1.90. The summed E-state index contributed by atoms with van der Waals surface area (Å²) in [6.45, 7) is 2.36. The number of carbonyl (C=O) groups is 2. The summed E-state index contributed by atoms with van der Waals surface area (Å²) in [5, 5.41) is 4.09. The number of nitrogens with two attached hydrogens (primary N) is 1. The van der Waals surface area contributed by atoms with Crippen LogP contribution < -0.4 is 5.73 Å². The molecule has 2 aromatic heterocycles. The van der Waals surface area contributed by atoms with Gasteiger partial charge in [-0.1, -0.05) is 0 Å². The van der Waals surface area contributed by atoms with E-state index in [-0.39, 0.29) is 19.1 Å². The molecule has 2 aromatic rings. The molecule has 8 nitrogen and oxygen atoms in total. The highest BCUT2D eigenvalue weighted by atomic mass is 16.5. The van der Waals surface area contributed by atoms with Gasteiger partial charge in [0.05, 0.1) is 19.3 Å². The van der Waals surface area contributed by atoms with Gasteiger partial charge in [0.25, 0.3) is 11.8 Å². The Kier molecular flexibility index (Phi) is 3.09. The van der Waals surface area contributed by atoms with E-state index in [2.05, 4.69) is 10.1 Å². The lowest BCUT2D eigenvalue weighted by Crippen LogP contribution is -2.58. The molecule has 1 aliphatic rings. The predicted octanol–water partition coefficient (Wildman–Crippen LogP) is -0.554. The number of nitrogens with zero attached hydrogens (tertiary/aromatic N) is 4. The highest BCUT2D eigenvalue weighted by molar-refractivity contribution is 6.00. The highest BCUT2D eigenvalue weighted by Crippen LogP contribution is 2.20. The van der Waals surface area contributed by atoms with Gasteiger partial charge in [0.15, 0.2) is 11.2 Å². The van der Waals surface area contributed by atoms with Gasteiger partial charge in [-0.05, 0) is 13.0 Å². The number of rotatable bonds is 2. The lowest BCUT2D eigenvalue weighted by atomic mass is 10.0. The molecule has 1 fully saturated rings. The second kappa shape index (κ2) is 4.81. The van der Waals surface area contributed by atoms with Crippen LogP contribution in [-0.2, 0) is 9.53 Å². The van der Waals surface area contributed by atoms with Crippen LogP contribution in [-0.4, -0.2) is 56.6 Å². The number of hydrogen-bond acceptors (Lipinski definition) is 5. The van der Waals surface area contributed by atoms with Crippen LogP contribution in [0.3, 0.4) is 0 Å². The Labute approximate surface area is 120 Å². The molecule has 0 spiro atoms. The van der Waals surface area contributed by atoms with Crippen molar-refractivity contribution in [3.05, 3.63) is 30.2 Å². The Bertz CT molecular complexity index is 713. The van der Waals surface area contributed by atoms with Gasteiger partial charge in [-0.25, -0.2) is 9.50 Å². The topological polar surface area (TPSA) is 103 Å². The summed E-state index contributed by atoms with van der Waals surface area (Å²) < 4.78 is 6.94. The molecule has 0 aliphatic carbocycles. The summed E-state index contributed by atoms with van der Waals surface area (Å²) in [5.74, 6) is -0.822. The summed E-state index contributed by atoms with van der Waals surface area (Å²) in [6.07, 6.45) is 4.79. The third-order valence-corrected chi connectivity index (χ3v) is 3.59. The molecule has 1 aliphatic heterocycles. The van der Waals surface area contributed by atoms with Gasteiger partial charge < -0.3 is 15.4 Å². The summed E-state index contributed by atoms with van der Waals surface area (Å²) in [5.41, 5.74) is 5.05. The van der Waals surface area contributed by atoms with Crippen molar-refractivity contribution in [2.45, 2.75) is 12.5 Å². The zero-order valence-electron chi connectivity index (χ0n) is 11.5. The van der Waals surface area contributed by atoms with Crippen LogP contribution in [0.4, 0.5) is 0 Å². The second-order valence-electron chi connectivity index (χ2n) is 5.12. The van der Waals surface area contributed by atoms with Crippen LogP contribution >= 0.6 is 0 Å². The molecule has 1 saturated heterocycles. The zero-order chi connectivity index (χ0) is 15.0. The van der Waals surface area contributed by atoms with E-state index in [1.54, 1.807) is 30.3 Å². The van der Waals surface area contributed by atoms with Crippen LogP contribution in [0, 0.1) is 0 Å². The predicted molar refractivity (Wildman–Crippen MR) is 72.4 cm³/mol. The number of hydrogen-bond donors (Lipinski definition) is 1. The number of fused-ring (bicyclic) bond motifs is 1. The van der Waals surface area contributed by atoms with Gasteiger partial charge >= 0.3 is 0 Å². The minimum Gasteiger partial charge on any atom is -0.367 e. The molecule has 0 radical (unpaired) electrons. The molecule has 8 heteroatoms. The highest BCUT2D eigenvalue weighted by Gasteiger charge is 2.39. The van der Waals surface area contributed by atoms with E-state index in [1.165, 1.54) is 10.7 Å². The monoisotopic (exact) mass is 289 g/mol. The van der Waals surface area contributed by atoms with Gasteiger partial charge in [0.1, 0.15) is 5.56 Å². The molecule has 3 rings (SSSR count). The minimum atomic E-state index is -1.16. The average molecular weight is 289 g/mol. The quantitative estimate of drug-likeness (QED) is 0.798. The maximum absolute atomic E-state index is 12.6. The first-order chi connectivity index (χ1) is 10.0. The fourth-order valence-electron chi connectivity index (χ4n) is 2.34. The van der Waals surface area contributed by atoms with E-state index in [4.69, 9.17) is 10.5 Å². The van der Waals surface area contributed by atoms with E-state index in [0.717, 1.165) is 0 Å². The van der Waals surface area contributed by atoms with E-state index in [9.17, 15) is 9.59 Å². The van der Waals surface area contributed by atoms with Crippen LogP contribution in [0.25, 0.3) is 5.65 Å². The maximum atomic E-state index is 12.6. The van der Waals surface area contributed by atoms with Crippen LogP contribution in [0.15, 0.2) is 24.7 Å². The van der Waals surface area contributed by atoms with Gasteiger partial charge in [0.2, 0.25) is 0 Å². The van der Waals surface area contributed by atoms with Crippen molar-refractivity contribution in [2.75, 3.05) is 19.7 Å². The number of primary amides is 1. The molecule has 0 saturated carbocycles. The molecule has 2 amide bonds. The molecular weight excluding hydrogens is 274 g/mol. The molecule has 21 heavy (non-hydrogen) atoms. The smallest absolute Gasteiger partial charge is 0.259 e. The van der Waals surface area contributed by atoms with Crippen molar-refractivity contribution >= 4 is 17.5 Å². The zero-order valence-corrected chi connectivity index (χ0v) is 11.5. The van der Waals surface area contributed by atoms with E-state index < -0.39 is 11.5 Å². The van der Waals surface area contributed by atoms with E-state index >= 15 is 0 Å². The van der Waals surface area contributed by atoms with Crippen molar-refractivity contribution in [1.29, 1.82) is 0 Å². The molecule has 1 atom stereocenters. The SMILES string of the molecule is C[C@]1(C(N)=O)CN(C(=O)c2cnn3cccnc23)CCO1. The molecule has 0 unspecified atom stereocenters. The number of carbonyl (C=O) groups excluding carboxylic acids is 2. The summed E-state index contributed by atoms with van der Waals surface area (Å²) in [4.78, 5) is 29.8. The molecule has 2 N–H and O–H groups in total. The normalized spacial score (nSPS) is 22.4. The van der Waals surface area contributed by atoms with Crippen LogP contribution in [0.2, 0.25) is 0 Å². The van der Waals surface area contributed by atoms with Gasteiger partial charge in [-0.2, -0.15) is 5.10 Å². The van der Waals surface area contributed by atoms with E-state index in [0.29, 0.717) is 17.8 Å². The summed E-state index contributed by atoms with van der Waals surface area (Å²) in [7, 11) is 0. The Hall–Kier alpha value is -2.48. The number of aromatic nitrogens is 3. The first-order valence-electron chi connectivity index (χ1n) is 6.53. The number of amides is 2. The fraction of sp³-hybridized carbons (Fsp3) is 0.385. The minimum absolute atomic E-state index is 0.116. The molecule has 0 bridgehead atoms. The standard InChI is InChI=1S/C13H15N5O3/c1-13(12(14)20)8-17(5-6-21-13)11(19)9-7-16-18-4-2-3-15-10(9)18/h2-4,7H,5-6,8H2,1H3,(H2,14,20)/t13-/m1/s1. The van der Waals surface area contributed by atoms with E-state index in [1.807, 2.05) is 0 Å². The lowest BCUT2D eigenvalue weighted by Gasteiger charge is -2.38. The third-order valence-electron chi connectivity index (χ3n) is 3.59. The first kappa shape index (κ1) is 13.5. The van der Waals surface area contributed by atoms with Crippen molar-refractivity contribution < 1.29 is 14.3 Å². The Morgan fingerprint density at radius 1 is 1.48 bits per heavy atom. The van der Waals surface area contributed by atoms with Crippen molar-refractivity contribution in [3.8, 4) is 0 Å². The third kappa shape index (κ3) is 2.23. The van der Waals surface area contributed by atoms with Crippen LogP contribution in [0.5, 0.6) is 0 Å². The van der Waals surface area contributed by atoms with Gasteiger partial charge in [-0.3, -0.25) is 9.59 Å². The number of morpholine rings is 1. The van der Waals surface area contributed by atoms with Crippen molar-refractivity contribution in [2.24, 2.45) is 5.73 Å². The van der Waals surface area contributed by atoms with Gasteiger partial charge in [0, 0.05) is 18.9 Å². The maximum Gasteiger partial charge on any atom is 0.259 e. The van der Waals surface area contributed by atoms with Crippen molar-refractivity contribution in [3.63, 3.8) is 0 Å². The first-order valence-corrected chi connectivity index (χ1v) is 6.53. The Morgan fingerprint density at radius 2 is 2.29 bits per heavy atom. The van der Waals surface area contributed by atoms with Crippen LogP contribution in [0.1, 0.15) is 17.3 Å². The summed E-state index contributed by atoms with van der Waals surface area (Å²) in [6, 6.07) is 1.73. The molecule has 0 aromatic carbocycles. The van der Waals surface area contributed by atoms with Crippen molar-refractivity contribution in [1.82, 2.24) is 19.5 Å². The Morgan fingerprint density at radius 3 is 3.05 bits per heavy atom. The number of ether oxygens (including phenoxy) is 1. The largest absolute Gasteiger partial charge is 0.367 e. The lowest BCUT2D eigenvalue weighted by molar-refractivity contribution is -0.150. The molecule has 110 valence electrons. The fourth-order valence-corrected chi connectivity index (χ4v) is 2.34. The van der Waals surface area contributed by atoms with Gasteiger partial charge in [-0.15, -0.1) is 0 Å². The molecular formula is C13H15N5O3.